The Labute approximate surface area is 130 Å². The molecule has 4 aromatic rings. The van der Waals surface area contributed by atoms with Gasteiger partial charge < -0.3 is 4.90 Å². The summed E-state index contributed by atoms with van der Waals surface area (Å²) in [4.78, 5) is 11.0. The molecule has 7 heteroatoms. The highest BCUT2D eigenvalue weighted by molar-refractivity contribution is 7.17. The second-order valence-corrected chi connectivity index (χ2v) is 6.34. The van der Waals surface area contributed by atoms with Crippen molar-refractivity contribution in [1.29, 1.82) is 0 Å². The second-order valence-electron chi connectivity index (χ2n) is 5.42. The van der Waals surface area contributed by atoms with Crippen LogP contribution in [0.25, 0.3) is 15.9 Å². The smallest absolute Gasteiger partial charge is 0.160 e. The topological polar surface area (TPSA) is 59.2 Å². The van der Waals surface area contributed by atoms with Crippen LogP contribution < -0.4 is 4.90 Å². The van der Waals surface area contributed by atoms with Gasteiger partial charge in [-0.3, -0.25) is 4.40 Å². The van der Waals surface area contributed by atoms with Gasteiger partial charge in [-0.05, 0) is 23.6 Å². The van der Waals surface area contributed by atoms with Gasteiger partial charge in [0.25, 0.3) is 0 Å². The van der Waals surface area contributed by atoms with Gasteiger partial charge in [-0.15, -0.1) is 21.5 Å². The highest BCUT2D eigenvalue weighted by Gasteiger charge is 2.33. The van der Waals surface area contributed by atoms with Gasteiger partial charge in [0.2, 0.25) is 0 Å². The molecule has 0 bridgehead atoms. The molecule has 0 aliphatic carbocycles. The van der Waals surface area contributed by atoms with Crippen LogP contribution >= 0.6 is 11.3 Å². The number of hydrogen-bond donors (Lipinski definition) is 0. The minimum absolute atomic E-state index is 0.391. The molecule has 0 atom stereocenters. The summed E-state index contributed by atoms with van der Waals surface area (Å²) in [5, 5.41) is 10.6. The Morgan fingerprint density at radius 2 is 2.05 bits per heavy atom. The molecule has 108 valence electrons. The van der Waals surface area contributed by atoms with E-state index >= 15 is 0 Å². The van der Waals surface area contributed by atoms with Gasteiger partial charge in [0.1, 0.15) is 18.0 Å². The van der Waals surface area contributed by atoms with E-state index in [-0.39, 0.29) is 0 Å². The highest BCUT2D eigenvalue weighted by atomic mass is 32.1. The minimum atomic E-state index is 0.391. The van der Waals surface area contributed by atoms with E-state index in [1.54, 1.807) is 17.7 Å². The van der Waals surface area contributed by atoms with Gasteiger partial charge >= 0.3 is 0 Å². The largest absolute Gasteiger partial charge is 0.354 e. The van der Waals surface area contributed by atoms with Crippen molar-refractivity contribution in [2.45, 2.75) is 5.92 Å². The van der Waals surface area contributed by atoms with Crippen LogP contribution in [0.5, 0.6) is 0 Å². The Kier molecular flexibility index (Phi) is 2.45. The summed E-state index contributed by atoms with van der Waals surface area (Å²) >= 11 is 1.69. The summed E-state index contributed by atoms with van der Waals surface area (Å²) in [5.41, 5.74) is 1.92. The molecule has 1 aliphatic rings. The molecule has 0 radical (unpaired) electrons. The second kappa shape index (κ2) is 4.48. The van der Waals surface area contributed by atoms with Crippen molar-refractivity contribution in [3.8, 4) is 0 Å². The maximum Gasteiger partial charge on any atom is 0.160 e. The standard InChI is InChI=1S/C15H12N6S/c1-2-5-21-12(3-1)18-19-14(21)10-7-20(8-10)15-13-11(4-6-22-13)16-9-17-15/h1-6,9-10H,7-8H2. The third kappa shape index (κ3) is 1.66. The normalized spacial score (nSPS) is 15.5. The molecule has 0 N–H and O–H groups in total. The Morgan fingerprint density at radius 1 is 1.09 bits per heavy atom. The summed E-state index contributed by atoms with van der Waals surface area (Å²) in [6.45, 7) is 1.83. The zero-order valence-corrected chi connectivity index (χ0v) is 12.4. The first kappa shape index (κ1) is 12.0. The Bertz CT molecular complexity index is 968. The van der Waals surface area contributed by atoms with Crippen LogP contribution in [0.4, 0.5) is 5.82 Å². The number of nitrogens with zero attached hydrogens (tertiary/aromatic N) is 6. The molecule has 0 aromatic carbocycles. The van der Waals surface area contributed by atoms with Crippen LogP contribution in [0.3, 0.4) is 0 Å². The quantitative estimate of drug-likeness (QED) is 0.569. The van der Waals surface area contributed by atoms with Crippen LogP contribution in [0.2, 0.25) is 0 Å². The zero-order valence-electron chi connectivity index (χ0n) is 11.6. The fraction of sp³-hybridized carbons (Fsp3) is 0.200. The van der Waals surface area contributed by atoms with Crippen molar-refractivity contribution in [2.24, 2.45) is 0 Å². The number of rotatable bonds is 2. The molecule has 1 saturated heterocycles. The third-order valence-corrected chi connectivity index (χ3v) is 5.01. The fourth-order valence-corrected chi connectivity index (χ4v) is 3.82. The van der Waals surface area contributed by atoms with Gasteiger partial charge in [-0.2, -0.15) is 0 Å². The number of thiophene rings is 1. The maximum atomic E-state index is 4.46. The molecule has 0 spiro atoms. The summed E-state index contributed by atoms with van der Waals surface area (Å²) in [6, 6.07) is 8.01. The lowest BCUT2D eigenvalue weighted by Crippen LogP contribution is -2.46. The molecule has 22 heavy (non-hydrogen) atoms. The number of fused-ring (bicyclic) bond motifs is 2. The highest BCUT2D eigenvalue weighted by Crippen LogP contribution is 2.35. The first-order valence-corrected chi connectivity index (χ1v) is 8.01. The lowest BCUT2D eigenvalue weighted by Gasteiger charge is -2.39. The predicted octanol–water partition coefficient (Wildman–Crippen LogP) is 2.34. The minimum Gasteiger partial charge on any atom is -0.354 e. The molecule has 6 nitrogen and oxygen atoms in total. The van der Waals surface area contributed by atoms with Crippen molar-refractivity contribution >= 4 is 33.0 Å². The van der Waals surface area contributed by atoms with E-state index in [1.807, 2.05) is 30.5 Å². The Hall–Kier alpha value is -2.54. The van der Waals surface area contributed by atoms with E-state index in [0.717, 1.165) is 40.6 Å². The third-order valence-electron chi connectivity index (χ3n) is 4.11. The summed E-state index contributed by atoms with van der Waals surface area (Å²) in [7, 11) is 0. The molecule has 4 aromatic heterocycles. The first-order chi connectivity index (χ1) is 10.9. The molecule has 5 rings (SSSR count). The molecule has 0 unspecified atom stereocenters. The predicted molar refractivity (Wildman–Crippen MR) is 85.4 cm³/mol. The van der Waals surface area contributed by atoms with Gasteiger partial charge in [-0.25, -0.2) is 9.97 Å². The average molecular weight is 308 g/mol. The van der Waals surface area contributed by atoms with E-state index in [1.165, 1.54) is 0 Å². The van der Waals surface area contributed by atoms with Crippen molar-refractivity contribution in [3.63, 3.8) is 0 Å². The van der Waals surface area contributed by atoms with Crippen LogP contribution in [-0.2, 0) is 0 Å². The molecule has 0 saturated carbocycles. The van der Waals surface area contributed by atoms with Crippen molar-refractivity contribution in [3.05, 3.63) is 48.0 Å². The first-order valence-electron chi connectivity index (χ1n) is 7.13. The molecule has 1 fully saturated rings. The fourth-order valence-electron chi connectivity index (χ4n) is 2.95. The lowest BCUT2D eigenvalue weighted by molar-refractivity contribution is 0.494. The van der Waals surface area contributed by atoms with Crippen LogP contribution in [0.1, 0.15) is 11.7 Å². The van der Waals surface area contributed by atoms with Gasteiger partial charge in [0, 0.05) is 19.3 Å². The monoisotopic (exact) mass is 308 g/mol. The molecule has 0 amide bonds. The summed E-state index contributed by atoms with van der Waals surface area (Å²) in [5.74, 6) is 2.45. The molecule has 5 heterocycles. The Balaban J connectivity index is 1.46. The maximum absolute atomic E-state index is 4.46. The molecule has 1 aliphatic heterocycles. The van der Waals surface area contributed by atoms with Gasteiger partial charge in [0.05, 0.1) is 16.1 Å². The van der Waals surface area contributed by atoms with Crippen molar-refractivity contribution in [2.75, 3.05) is 18.0 Å². The van der Waals surface area contributed by atoms with Crippen LogP contribution in [-0.4, -0.2) is 37.7 Å². The zero-order chi connectivity index (χ0) is 14.5. The van der Waals surface area contributed by atoms with E-state index in [2.05, 4.69) is 34.8 Å². The molecular weight excluding hydrogens is 296 g/mol. The summed E-state index contributed by atoms with van der Waals surface area (Å²) in [6.07, 6.45) is 3.67. The van der Waals surface area contributed by atoms with Crippen molar-refractivity contribution < 1.29 is 0 Å². The number of anilines is 1. The lowest BCUT2D eigenvalue weighted by atomic mass is 9.99. The van der Waals surface area contributed by atoms with E-state index in [0.29, 0.717) is 5.92 Å². The van der Waals surface area contributed by atoms with Gasteiger partial charge in [-0.1, -0.05) is 6.07 Å². The van der Waals surface area contributed by atoms with Gasteiger partial charge in [0.15, 0.2) is 5.65 Å². The SMILES string of the molecule is c1ccn2c(C3CN(c4ncnc5ccsc45)C3)nnc2c1. The van der Waals surface area contributed by atoms with E-state index < -0.39 is 0 Å². The number of aromatic nitrogens is 5. The number of hydrogen-bond acceptors (Lipinski definition) is 6. The summed E-state index contributed by atoms with van der Waals surface area (Å²) < 4.78 is 3.23. The van der Waals surface area contributed by atoms with E-state index in [9.17, 15) is 0 Å². The molecular formula is C15H12N6S. The van der Waals surface area contributed by atoms with E-state index in [4.69, 9.17) is 0 Å². The Morgan fingerprint density at radius 3 is 3.00 bits per heavy atom. The van der Waals surface area contributed by atoms with Crippen LogP contribution in [0.15, 0.2) is 42.2 Å². The van der Waals surface area contributed by atoms with Crippen molar-refractivity contribution in [1.82, 2.24) is 24.6 Å². The number of pyridine rings is 1. The average Bonchev–Trinajstić information content (AvgIpc) is 3.13. The van der Waals surface area contributed by atoms with Crippen LogP contribution in [0, 0.1) is 0 Å².